The third kappa shape index (κ3) is 3.15. The van der Waals surface area contributed by atoms with Gasteiger partial charge in [0.25, 0.3) is 0 Å². The highest BCUT2D eigenvalue weighted by Gasteiger charge is 2.57. The number of aliphatic carboxylic acids is 1. The number of likely N-dealkylation sites (tertiary alicyclic amines) is 2. The summed E-state index contributed by atoms with van der Waals surface area (Å²) in [6, 6.07) is 3.64. The normalized spacial score (nSPS) is 26.6. The van der Waals surface area contributed by atoms with Crippen LogP contribution in [0.25, 0.3) is 0 Å². The highest BCUT2D eigenvalue weighted by molar-refractivity contribution is 5.90. The molecule has 2 saturated heterocycles. The first kappa shape index (κ1) is 17.5. The molecule has 0 radical (unpaired) electrons. The molecule has 2 N–H and O–H groups in total. The number of anilines is 1. The van der Waals surface area contributed by atoms with Crippen molar-refractivity contribution >= 4 is 17.7 Å². The minimum Gasteiger partial charge on any atom is -0.481 e. The molecular formula is C16H18F3N3O3. The molecule has 2 aliphatic heterocycles. The van der Waals surface area contributed by atoms with Crippen LogP contribution in [0, 0.1) is 11.3 Å². The van der Waals surface area contributed by atoms with E-state index in [2.05, 4.69) is 5.32 Å². The van der Waals surface area contributed by atoms with Crippen molar-refractivity contribution in [3.05, 3.63) is 29.8 Å². The number of hydrogen-bond acceptors (Lipinski definition) is 3. The zero-order valence-corrected chi connectivity index (χ0v) is 13.5. The van der Waals surface area contributed by atoms with Crippen LogP contribution in [-0.2, 0) is 11.0 Å². The number of benzene rings is 1. The number of alkyl halides is 3. The summed E-state index contributed by atoms with van der Waals surface area (Å²) in [5, 5.41) is 12.1. The molecule has 6 nitrogen and oxygen atoms in total. The fraction of sp³-hybridized carbons (Fsp3) is 0.500. The zero-order valence-electron chi connectivity index (χ0n) is 13.5. The maximum Gasteiger partial charge on any atom is 0.416 e. The van der Waals surface area contributed by atoms with Gasteiger partial charge in [0, 0.05) is 37.8 Å². The van der Waals surface area contributed by atoms with Crippen LogP contribution in [-0.4, -0.2) is 60.1 Å². The molecule has 9 heteroatoms. The Kier molecular flexibility index (Phi) is 4.14. The molecular weight excluding hydrogens is 339 g/mol. The first-order valence-corrected chi connectivity index (χ1v) is 7.77. The first-order valence-electron chi connectivity index (χ1n) is 7.77. The second-order valence-electron chi connectivity index (χ2n) is 6.74. The van der Waals surface area contributed by atoms with Crippen molar-refractivity contribution in [1.29, 1.82) is 0 Å². The molecule has 2 fully saturated rings. The number of carboxylic acid groups (broad SMARTS) is 1. The van der Waals surface area contributed by atoms with E-state index in [1.165, 1.54) is 17.0 Å². The van der Waals surface area contributed by atoms with Gasteiger partial charge < -0.3 is 20.2 Å². The van der Waals surface area contributed by atoms with Gasteiger partial charge in [0.15, 0.2) is 0 Å². The van der Waals surface area contributed by atoms with Gasteiger partial charge in [0.2, 0.25) is 0 Å². The molecule has 2 amide bonds. The van der Waals surface area contributed by atoms with Gasteiger partial charge in [-0.25, -0.2) is 4.79 Å². The number of urea groups is 1. The van der Waals surface area contributed by atoms with Crippen LogP contribution in [0.5, 0.6) is 0 Å². The lowest BCUT2D eigenvalue weighted by Gasteiger charge is -2.24. The molecule has 0 aromatic heterocycles. The Morgan fingerprint density at radius 2 is 1.84 bits per heavy atom. The van der Waals surface area contributed by atoms with Gasteiger partial charge in [-0.3, -0.25) is 4.79 Å². The molecule has 0 saturated carbocycles. The van der Waals surface area contributed by atoms with Gasteiger partial charge in [0.1, 0.15) is 5.41 Å². The molecule has 1 aromatic rings. The third-order valence-electron chi connectivity index (χ3n) is 4.96. The smallest absolute Gasteiger partial charge is 0.416 e. The van der Waals surface area contributed by atoms with Crippen molar-refractivity contribution in [1.82, 2.24) is 9.80 Å². The minimum atomic E-state index is -4.44. The van der Waals surface area contributed by atoms with E-state index in [1.54, 1.807) is 0 Å². The van der Waals surface area contributed by atoms with E-state index in [4.69, 9.17) is 0 Å². The van der Waals surface area contributed by atoms with Gasteiger partial charge in [-0.1, -0.05) is 0 Å². The van der Waals surface area contributed by atoms with Crippen LogP contribution in [0.2, 0.25) is 0 Å². The number of carbonyl (C=O) groups is 2. The lowest BCUT2D eigenvalue weighted by Crippen LogP contribution is -2.42. The van der Waals surface area contributed by atoms with Gasteiger partial charge in [-0.05, 0) is 31.3 Å². The van der Waals surface area contributed by atoms with Crippen LogP contribution in [0.1, 0.15) is 5.56 Å². The molecule has 3 rings (SSSR count). The minimum absolute atomic E-state index is 0.0871. The van der Waals surface area contributed by atoms with Gasteiger partial charge >= 0.3 is 18.2 Å². The van der Waals surface area contributed by atoms with E-state index in [0.717, 1.165) is 12.1 Å². The van der Waals surface area contributed by atoms with Crippen molar-refractivity contribution in [2.24, 2.45) is 11.3 Å². The van der Waals surface area contributed by atoms with E-state index in [-0.39, 0.29) is 18.2 Å². The third-order valence-corrected chi connectivity index (χ3v) is 4.96. The summed E-state index contributed by atoms with van der Waals surface area (Å²) in [6.07, 6.45) is -4.44. The monoisotopic (exact) mass is 357 g/mol. The second-order valence-corrected chi connectivity index (χ2v) is 6.74. The molecule has 0 unspecified atom stereocenters. The number of nitrogens with one attached hydrogen (secondary N) is 1. The number of nitrogens with zero attached hydrogens (tertiary/aromatic N) is 2. The summed E-state index contributed by atoms with van der Waals surface area (Å²) in [5.41, 5.74) is -1.54. The van der Waals surface area contributed by atoms with E-state index in [9.17, 15) is 27.9 Å². The quantitative estimate of drug-likeness (QED) is 0.851. The van der Waals surface area contributed by atoms with Crippen molar-refractivity contribution in [3.8, 4) is 0 Å². The molecule has 2 heterocycles. The fourth-order valence-corrected chi connectivity index (χ4v) is 3.72. The molecule has 2 aliphatic rings. The summed E-state index contributed by atoms with van der Waals surface area (Å²) in [6.45, 7) is 1.36. The Hall–Kier alpha value is -2.29. The SMILES string of the molecule is CN1C[C@@H]2CN(C(=O)Nc3ccc(C(F)(F)F)cc3)C[C@]2(C(=O)O)C1. The summed E-state index contributed by atoms with van der Waals surface area (Å²) in [5.74, 6) is -1.08. The number of amides is 2. The maximum atomic E-state index is 12.6. The number of fused-ring (bicyclic) bond motifs is 1. The van der Waals surface area contributed by atoms with Crippen LogP contribution in [0.3, 0.4) is 0 Å². The predicted molar refractivity (Wildman–Crippen MR) is 83.1 cm³/mol. The lowest BCUT2D eigenvalue weighted by atomic mass is 9.81. The Labute approximate surface area is 142 Å². The topological polar surface area (TPSA) is 72.9 Å². The van der Waals surface area contributed by atoms with Crippen LogP contribution in [0.4, 0.5) is 23.7 Å². The molecule has 0 bridgehead atoms. The highest BCUT2D eigenvalue weighted by atomic mass is 19.4. The van der Waals surface area contributed by atoms with Crippen LogP contribution < -0.4 is 5.32 Å². The Morgan fingerprint density at radius 1 is 1.20 bits per heavy atom. The largest absolute Gasteiger partial charge is 0.481 e. The molecule has 25 heavy (non-hydrogen) atoms. The maximum absolute atomic E-state index is 12.6. The number of hydrogen-bond donors (Lipinski definition) is 2. The molecule has 2 atom stereocenters. The predicted octanol–water partition coefficient (Wildman–Crippen LogP) is 2.19. The van der Waals surface area contributed by atoms with Gasteiger partial charge in [-0.2, -0.15) is 13.2 Å². The van der Waals surface area contributed by atoms with Crippen LogP contribution >= 0.6 is 0 Å². The average molecular weight is 357 g/mol. The average Bonchev–Trinajstić information content (AvgIpc) is 3.00. The van der Waals surface area contributed by atoms with Crippen molar-refractivity contribution in [2.45, 2.75) is 6.18 Å². The number of carbonyl (C=O) groups excluding carboxylic acids is 1. The Bertz CT molecular complexity index is 692. The second kappa shape index (κ2) is 5.91. The molecule has 0 aliphatic carbocycles. The molecule has 1 aromatic carbocycles. The Balaban J connectivity index is 1.68. The van der Waals surface area contributed by atoms with Gasteiger partial charge in [-0.15, -0.1) is 0 Å². The lowest BCUT2D eigenvalue weighted by molar-refractivity contribution is -0.148. The summed E-state index contributed by atoms with van der Waals surface area (Å²) in [4.78, 5) is 27.4. The van der Waals surface area contributed by atoms with E-state index >= 15 is 0 Å². The standard InChI is InChI=1S/C16H18F3N3O3/c1-21-6-11-7-22(9-15(11,8-21)13(23)24)14(25)20-12-4-2-10(3-5-12)16(17,18)19/h2-5,11H,6-9H2,1H3,(H,20,25)(H,23,24)/t11-,15-/m1/s1. The number of rotatable bonds is 2. The van der Waals surface area contributed by atoms with Crippen molar-refractivity contribution in [3.63, 3.8) is 0 Å². The van der Waals surface area contributed by atoms with Crippen LogP contribution in [0.15, 0.2) is 24.3 Å². The number of halogens is 3. The van der Waals surface area contributed by atoms with Crippen molar-refractivity contribution < 1.29 is 27.9 Å². The van der Waals surface area contributed by atoms with E-state index < -0.39 is 29.2 Å². The Morgan fingerprint density at radius 3 is 2.36 bits per heavy atom. The summed E-state index contributed by atoms with van der Waals surface area (Å²) in [7, 11) is 1.84. The van der Waals surface area contributed by atoms with Crippen molar-refractivity contribution in [2.75, 3.05) is 38.5 Å². The first-order chi connectivity index (χ1) is 11.6. The van der Waals surface area contributed by atoms with E-state index in [1.807, 2.05) is 11.9 Å². The number of carboxylic acids is 1. The van der Waals surface area contributed by atoms with E-state index in [0.29, 0.717) is 19.6 Å². The molecule has 136 valence electrons. The van der Waals surface area contributed by atoms with Gasteiger partial charge in [0.05, 0.1) is 5.56 Å². The highest BCUT2D eigenvalue weighted by Crippen LogP contribution is 2.42. The summed E-state index contributed by atoms with van der Waals surface area (Å²) >= 11 is 0. The molecule has 0 spiro atoms. The summed E-state index contributed by atoms with van der Waals surface area (Å²) < 4.78 is 37.7. The zero-order chi connectivity index (χ0) is 18.4. The fourth-order valence-electron chi connectivity index (χ4n) is 3.72.